The Labute approximate surface area is 138 Å². The van der Waals surface area contributed by atoms with E-state index in [1.807, 2.05) is 0 Å². The molecule has 2 heterocycles. The molecule has 3 rings (SSSR count). The molecular weight excluding hydrogens is 342 g/mol. The maximum Gasteiger partial charge on any atom is 0.255 e. The van der Waals surface area contributed by atoms with E-state index in [1.165, 1.54) is 5.56 Å². The van der Waals surface area contributed by atoms with Crippen molar-refractivity contribution in [3.63, 3.8) is 0 Å². The van der Waals surface area contributed by atoms with Gasteiger partial charge in [0.25, 0.3) is 5.56 Å². The van der Waals surface area contributed by atoms with Crippen LogP contribution in [0.5, 0.6) is 0 Å². The van der Waals surface area contributed by atoms with Gasteiger partial charge < -0.3 is 4.98 Å². The zero-order chi connectivity index (χ0) is 15.5. The molecule has 116 valence electrons. The molecule has 2 aromatic rings. The summed E-state index contributed by atoms with van der Waals surface area (Å²) in [5.41, 5.74) is 3.12. The maximum absolute atomic E-state index is 12.3. The van der Waals surface area contributed by atoms with Gasteiger partial charge in [-0.1, -0.05) is 35.0 Å². The molecular formula is C17H20BrN3O. The molecule has 1 aliphatic rings. The molecule has 0 spiro atoms. The number of aromatic nitrogens is 2. The van der Waals surface area contributed by atoms with Crippen molar-refractivity contribution in [1.29, 1.82) is 0 Å². The minimum atomic E-state index is 0.0361. The SMILES string of the molecule is CCCc1nc2c(c(=O)[nH]1)CN(Cc1ccc(Br)cc1)CC2. The summed E-state index contributed by atoms with van der Waals surface area (Å²) >= 11 is 3.45. The number of halogens is 1. The first-order chi connectivity index (χ1) is 10.7. The van der Waals surface area contributed by atoms with Crippen LogP contribution in [0.3, 0.4) is 0 Å². The lowest BCUT2D eigenvalue weighted by molar-refractivity contribution is 0.241. The van der Waals surface area contributed by atoms with E-state index in [0.717, 1.165) is 53.9 Å². The minimum absolute atomic E-state index is 0.0361. The van der Waals surface area contributed by atoms with Gasteiger partial charge in [0, 0.05) is 36.9 Å². The van der Waals surface area contributed by atoms with Crippen molar-refractivity contribution in [2.75, 3.05) is 6.54 Å². The molecule has 0 aliphatic carbocycles. The Bertz CT molecular complexity index is 709. The first kappa shape index (κ1) is 15.4. The van der Waals surface area contributed by atoms with E-state index in [4.69, 9.17) is 0 Å². The molecule has 0 saturated carbocycles. The number of nitrogens with one attached hydrogen (secondary N) is 1. The van der Waals surface area contributed by atoms with Gasteiger partial charge in [0.05, 0.1) is 11.3 Å². The van der Waals surface area contributed by atoms with Crippen molar-refractivity contribution in [3.05, 3.63) is 61.7 Å². The smallest absolute Gasteiger partial charge is 0.255 e. The molecule has 0 unspecified atom stereocenters. The summed E-state index contributed by atoms with van der Waals surface area (Å²) in [4.78, 5) is 22.1. The average molecular weight is 362 g/mol. The van der Waals surface area contributed by atoms with E-state index >= 15 is 0 Å². The van der Waals surface area contributed by atoms with Gasteiger partial charge in [-0.25, -0.2) is 4.98 Å². The van der Waals surface area contributed by atoms with Crippen LogP contribution in [0.1, 0.15) is 36.0 Å². The summed E-state index contributed by atoms with van der Waals surface area (Å²) < 4.78 is 1.09. The number of rotatable bonds is 4. The second-order valence-electron chi connectivity index (χ2n) is 5.77. The van der Waals surface area contributed by atoms with Crippen molar-refractivity contribution in [3.8, 4) is 0 Å². The number of fused-ring (bicyclic) bond motifs is 1. The van der Waals surface area contributed by atoms with Gasteiger partial charge in [-0.2, -0.15) is 0 Å². The highest BCUT2D eigenvalue weighted by molar-refractivity contribution is 9.10. The van der Waals surface area contributed by atoms with Crippen LogP contribution in [-0.4, -0.2) is 21.4 Å². The van der Waals surface area contributed by atoms with Crippen molar-refractivity contribution in [1.82, 2.24) is 14.9 Å². The molecule has 1 aliphatic heterocycles. The molecule has 22 heavy (non-hydrogen) atoms. The van der Waals surface area contributed by atoms with Gasteiger partial charge in [-0.15, -0.1) is 0 Å². The molecule has 5 heteroatoms. The summed E-state index contributed by atoms with van der Waals surface area (Å²) in [5.74, 6) is 0.826. The molecule has 0 radical (unpaired) electrons. The van der Waals surface area contributed by atoms with Crippen LogP contribution in [0.4, 0.5) is 0 Å². The second kappa shape index (κ2) is 6.75. The largest absolute Gasteiger partial charge is 0.310 e. The van der Waals surface area contributed by atoms with E-state index < -0.39 is 0 Å². The van der Waals surface area contributed by atoms with E-state index in [2.05, 4.69) is 62.0 Å². The Morgan fingerprint density at radius 2 is 2.09 bits per heavy atom. The lowest BCUT2D eigenvalue weighted by Gasteiger charge is -2.27. The number of aryl methyl sites for hydroxylation is 1. The minimum Gasteiger partial charge on any atom is -0.310 e. The van der Waals surface area contributed by atoms with E-state index in [9.17, 15) is 4.79 Å². The first-order valence-corrected chi connectivity index (χ1v) is 8.52. The molecule has 0 saturated heterocycles. The second-order valence-corrected chi connectivity index (χ2v) is 6.69. The lowest BCUT2D eigenvalue weighted by atomic mass is 10.1. The first-order valence-electron chi connectivity index (χ1n) is 7.73. The third kappa shape index (κ3) is 3.47. The Balaban J connectivity index is 1.76. The average Bonchev–Trinajstić information content (AvgIpc) is 2.51. The van der Waals surface area contributed by atoms with Crippen LogP contribution in [0.25, 0.3) is 0 Å². The zero-order valence-corrected chi connectivity index (χ0v) is 14.3. The van der Waals surface area contributed by atoms with Gasteiger partial charge in [-0.05, 0) is 24.1 Å². The topological polar surface area (TPSA) is 49.0 Å². The molecule has 1 aromatic carbocycles. The van der Waals surface area contributed by atoms with Crippen molar-refractivity contribution in [2.45, 2.75) is 39.3 Å². The number of aromatic amines is 1. The normalized spacial score (nSPS) is 14.8. The third-order valence-electron chi connectivity index (χ3n) is 4.00. The highest BCUT2D eigenvalue weighted by Crippen LogP contribution is 2.18. The highest BCUT2D eigenvalue weighted by atomic mass is 79.9. The Kier molecular flexibility index (Phi) is 4.74. The predicted octanol–water partition coefficient (Wildman–Crippen LogP) is 3.04. The Hall–Kier alpha value is -1.46. The molecule has 0 atom stereocenters. The fourth-order valence-corrected chi connectivity index (χ4v) is 3.13. The lowest BCUT2D eigenvalue weighted by Crippen LogP contribution is -2.35. The van der Waals surface area contributed by atoms with Gasteiger partial charge in [-0.3, -0.25) is 9.69 Å². The fourth-order valence-electron chi connectivity index (χ4n) is 2.87. The molecule has 0 fully saturated rings. The van der Waals surface area contributed by atoms with Crippen molar-refractivity contribution in [2.24, 2.45) is 0 Å². The van der Waals surface area contributed by atoms with Gasteiger partial charge >= 0.3 is 0 Å². The fraction of sp³-hybridized carbons (Fsp3) is 0.412. The summed E-state index contributed by atoms with van der Waals surface area (Å²) in [5, 5.41) is 0. The van der Waals surface area contributed by atoms with Gasteiger partial charge in [0.15, 0.2) is 0 Å². The van der Waals surface area contributed by atoms with E-state index in [1.54, 1.807) is 0 Å². The maximum atomic E-state index is 12.3. The van der Waals surface area contributed by atoms with Crippen LogP contribution in [0.2, 0.25) is 0 Å². The summed E-state index contributed by atoms with van der Waals surface area (Å²) in [6.45, 7) is 4.59. The molecule has 1 N–H and O–H groups in total. The van der Waals surface area contributed by atoms with Crippen LogP contribution < -0.4 is 5.56 Å². The number of hydrogen-bond acceptors (Lipinski definition) is 3. The molecule has 1 aromatic heterocycles. The number of H-pyrrole nitrogens is 1. The number of benzene rings is 1. The van der Waals surface area contributed by atoms with Gasteiger partial charge in [0.1, 0.15) is 5.82 Å². The van der Waals surface area contributed by atoms with E-state index in [-0.39, 0.29) is 5.56 Å². The van der Waals surface area contributed by atoms with Crippen LogP contribution in [0.15, 0.2) is 33.5 Å². The zero-order valence-electron chi connectivity index (χ0n) is 12.7. The number of nitrogens with zero attached hydrogens (tertiary/aromatic N) is 2. The standard InChI is InChI=1S/C17H20BrN3O/c1-2-3-16-19-15-8-9-21(11-14(15)17(22)20-16)10-12-4-6-13(18)7-5-12/h4-7H,2-3,8-11H2,1H3,(H,19,20,22). The molecule has 4 nitrogen and oxygen atoms in total. The van der Waals surface area contributed by atoms with Crippen LogP contribution in [0, 0.1) is 0 Å². The van der Waals surface area contributed by atoms with Crippen LogP contribution in [-0.2, 0) is 25.9 Å². The van der Waals surface area contributed by atoms with Crippen molar-refractivity contribution >= 4 is 15.9 Å². The highest BCUT2D eigenvalue weighted by Gasteiger charge is 2.21. The summed E-state index contributed by atoms with van der Waals surface area (Å²) in [6.07, 6.45) is 2.69. The quantitative estimate of drug-likeness (QED) is 0.910. The number of hydrogen-bond donors (Lipinski definition) is 1. The summed E-state index contributed by atoms with van der Waals surface area (Å²) in [7, 11) is 0. The van der Waals surface area contributed by atoms with Crippen LogP contribution >= 0.6 is 15.9 Å². The van der Waals surface area contributed by atoms with Crippen molar-refractivity contribution < 1.29 is 0 Å². The van der Waals surface area contributed by atoms with E-state index in [0.29, 0.717) is 6.54 Å². The molecule has 0 bridgehead atoms. The Morgan fingerprint density at radius 1 is 1.32 bits per heavy atom. The Morgan fingerprint density at radius 3 is 2.82 bits per heavy atom. The monoisotopic (exact) mass is 361 g/mol. The van der Waals surface area contributed by atoms with Gasteiger partial charge in [0.2, 0.25) is 0 Å². The summed E-state index contributed by atoms with van der Waals surface area (Å²) in [6, 6.07) is 8.34. The molecule has 0 amide bonds. The predicted molar refractivity (Wildman–Crippen MR) is 90.8 cm³/mol. The third-order valence-corrected chi connectivity index (χ3v) is 4.53.